The molecule has 146 valence electrons. The Morgan fingerprint density at radius 2 is 1.44 bits per heavy atom. The quantitative estimate of drug-likeness (QED) is 0.573. The molecule has 9 heteroatoms. The molecule has 0 radical (unpaired) electrons. The van der Waals surface area contributed by atoms with Crippen LogP contribution in [0.1, 0.15) is 28.4 Å². The molecular formula is C18H13F7O2. The smallest absolute Gasteiger partial charge is 0.369 e. The SMILES string of the molecule is CCc1c(-c2ccc(C(O)(C(F)(F)F)C(F)(F)F)cc2)ccc(C=O)c1F. The lowest BCUT2D eigenvalue weighted by Gasteiger charge is -2.32. The Balaban J connectivity index is 2.59. The normalized spacial score (nSPS) is 12.9. The highest BCUT2D eigenvalue weighted by Crippen LogP contribution is 2.50. The maximum absolute atomic E-state index is 14.2. The number of carbonyl (C=O) groups excluding carboxylic acids is 1. The van der Waals surface area contributed by atoms with E-state index in [-0.39, 0.29) is 28.7 Å². The van der Waals surface area contributed by atoms with E-state index in [2.05, 4.69) is 0 Å². The molecule has 0 aliphatic rings. The van der Waals surface area contributed by atoms with Crippen LogP contribution in [0.5, 0.6) is 0 Å². The van der Waals surface area contributed by atoms with Gasteiger partial charge in [0.25, 0.3) is 5.60 Å². The highest BCUT2D eigenvalue weighted by Gasteiger charge is 2.71. The van der Waals surface area contributed by atoms with Gasteiger partial charge in [-0.2, -0.15) is 26.3 Å². The molecule has 0 spiro atoms. The molecule has 0 saturated carbocycles. The number of benzene rings is 2. The van der Waals surface area contributed by atoms with Gasteiger partial charge < -0.3 is 5.11 Å². The summed E-state index contributed by atoms with van der Waals surface area (Å²) in [4.78, 5) is 10.8. The standard InChI is InChI=1S/C18H13F7O2/c1-2-13-14(8-5-11(9-26)15(13)19)10-3-6-12(7-4-10)16(27,17(20,21)22)18(23,24)25/h3-9,27H,2H2,1H3. The summed E-state index contributed by atoms with van der Waals surface area (Å²) in [6, 6.07) is 5.33. The van der Waals surface area contributed by atoms with Crippen LogP contribution in [0, 0.1) is 5.82 Å². The second-order valence-electron chi connectivity index (χ2n) is 5.75. The third kappa shape index (κ3) is 3.43. The Hall–Kier alpha value is -2.42. The lowest BCUT2D eigenvalue weighted by atomic mass is 9.89. The molecule has 2 aromatic rings. The zero-order valence-electron chi connectivity index (χ0n) is 13.7. The first kappa shape index (κ1) is 20.9. The Kier molecular flexibility index (Phi) is 5.38. The fourth-order valence-corrected chi connectivity index (χ4v) is 2.73. The predicted molar refractivity (Wildman–Crippen MR) is 82.6 cm³/mol. The van der Waals surface area contributed by atoms with E-state index in [1.54, 1.807) is 6.92 Å². The highest BCUT2D eigenvalue weighted by atomic mass is 19.4. The number of halogens is 7. The minimum absolute atomic E-state index is 0.0919. The van der Waals surface area contributed by atoms with E-state index < -0.39 is 29.3 Å². The minimum atomic E-state index is -5.99. The van der Waals surface area contributed by atoms with Crippen molar-refractivity contribution in [2.24, 2.45) is 0 Å². The van der Waals surface area contributed by atoms with Crippen LogP contribution in [-0.2, 0) is 12.0 Å². The number of hydrogen-bond acceptors (Lipinski definition) is 2. The summed E-state index contributed by atoms with van der Waals surface area (Å²) in [5.41, 5.74) is -6.20. The lowest BCUT2D eigenvalue weighted by Crippen LogP contribution is -2.53. The molecule has 0 unspecified atom stereocenters. The van der Waals surface area contributed by atoms with Gasteiger partial charge >= 0.3 is 12.4 Å². The van der Waals surface area contributed by atoms with Crippen molar-refractivity contribution in [3.8, 4) is 11.1 Å². The Labute approximate surface area is 149 Å². The van der Waals surface area contributed by atoms with Gasteiger partial charge in [-0.25, -0.2) is 4.39 Å². The van der Waals surface area contributed by atoms with Crippen LogP contribution < -0.4 is 0 Å². The van der Waals surface area contributed by atoms with Crippen LogP contribution in [-0.4, -0.2) is 23.7 Å². The largest absolute Gasteiger partial charge is 0.430 e. The number of aldehydes is 1. The van der Waals surface area contributed by atoms with Crippen LogP contribution in [0.2, 0.25) is 0 Å². The van der Waals surface area contributed by atoms with Gasteiger partial charge in [-0.15, -0.1) is 0 Å². The second-order valence-corrected chi connectivity index (χ2v) is 5.75. The molecule has 0 saturated heterocycles. The van der Waals surface area contributed by atoms with Crippen molar-refractivity contribution < 1.29 is 40.6 Å². The molecule has 27 heavy (non-hydrogen) atoms. The number of hydrogen-bond donors (Lipinski definition) is 1. The maximum Gasteiger partial charge on any atom is 0.430 e. The fraction of sp³-hybridized carbons (Fsp3) is 0.278. The average molecular weight is 394 g/mol. The van der Waals surface area contributed by atoms with Crippen LogP contribution >= 0.6 is 0 Å². The Morgan fingerprint density at radius 1 is 0.926 bits per heavy atom. The molecule has 0 amide bonds. The first-order valence-electron chi connectivity index (χ1n) is 7.61. The molecule has 0 aliphatic carbocycles. The zero-order chi connectivity index (χ0) is 20.6. The topological polar surface area (TPSA) is 37.3 Å². The molecule has 1 N–H and O–H groups in total. The van der Waals surface area contributed by atoms with Crippen LogP contribution in [0.25, 0.3) is 11.1 Å². The van der Waals surface area contributed by atoms with Crippen LogP contribution in [0.3, 0.4) is 0 Å². The van der Waals surface area contributed by atoms with E-state index in [9.17, 15) is 40.6 Å². The van der Waals surface area contributed by atoms with Crippen molar-refractivity contribution in [1.82, 2.24) is 0 Å². The Morgan fingerprint density at radius 3 is 1.85 bits per heavy atom. The van der Waals surface area contributed by atoms with Crippen molar-refractivity contribution in [3.63, 3.8) is 0 Å². The third-order valence-electron chi connectivity index (χ3n) is 4.19. The third-order valence-corrected chi connectivity index (χ3v) is 4.19. The number of carbonyl (C=O) groups is 1. The number of alkyl halides is 6. The molecule has 0 aliphatic heterocycles. The zero-order valence-corrected chi connectivity index (χ0v) is 13.7. The van der Waals surface area contributed by atoms with Crippen LogP contribution in [0.15, 0.2) is 36.4 Å². The first-order valence-corrected chi connectivity index (χ1v) is 7.61. The van der Waals surface area contributed by atoms with E-state index in [0.717, 1.165) is 18.2 Å². The highest BCUT2D eigenvalue weighted by molar-refractivity contribution is 5.79. The van der Waals surface area contributed by atoms with Crippen molar-refractivity contribution in [2.75, 3.05) is 0 Å². The molecule has 0 fully saturated rings. The molecule has 0 atom stereocenters. The number of aliphatic hydroxyl groups is 1. The second kappa shape index (κ2) is 6.95. The monoisotopic (exact) mass is 394 g/mol. The summed E-state index contributed by atoms with van der Waals surface area (Å²) < 4.78 is 91.7. The predicted octanol–water partition coefficient (Wildman–Crippen LogP) is 5.18. The molecule has 2 nitrogen and oxygen atoms in total. The van der Waals surface area contributed by atoms with E-state index in [4.69, 9.17) is 0 Å². The summed E-state index contributed by atoms with van der Waals surface area (Å²) in [6.07, 6.45) is -11.5. The minimum Gasteiger partial charge on any atom is -0.369 e. The van der Waals surface area contributed by atoms with E-state index >= 15 is 0 Å². The molecule has 0 heterocycles. The van der Waals surface area contributed by atoms with Crippen molar-refractivity contribution in [3.05, 3.63) is 58.9 Å². The number of rotatable bonds is 4. The molecule has 0 aromatic heterocycles. The average Bonchev–Trinajstić information content (AvgIpc) is 2.59. The lowest BCUT2D eigenvalue weighted by molar-refractivity contribution is -0.376. The first-order chi connectivity index (χ1) is 12.4. The summed E-state index contributed by atoms with van der Waals surface area (Å²) in [5, 5.41) is 9.38. The van der Waals surface area contributed by atoms with Gasteiger partial charge in [0.2, 0.25) is 0 Å². The van der Waals surface area contributed by atoms with Gasteiger partial charge in [-0.3, -0.25) is 4.79 Å². The van der Waals surface area contributed by atoms with Crippen LogP contribution in [0.4, 0.5) is 30.7 Å². The van der Waals surface area contributed by atoms with Crippen molar-refractivity contribution in [1.29, 1.82) is 0 Å². The van der Waals surface area contributed by atoms with Crippen molar-refractivity contribution >= 4 is 6.29 Å². The fourth-order valence-electron chi connectivity index (χ4n) is 2.73. The summed E-state index contributed by atoms with van der Waals surface area (Å²) >= 11 is 0. The summed E-state index contributed by atoms with van der Waals surface area (Å²) in [5.74, 6) is -0.809. The summed E-state index contributed by atoms with van der Waals surface area (Å²) in [6.45, 7) is 1.58. The molecule has 2 rings (SSSR count). The van der Waals surface area contributed by atoms with Gasteiger partial charge in [0.1, 0.15) is 5.82 Å². The summed E-state index contributed by atoms with van der Waals surface area (Å²) in [7, 11) is 0. The van der Waals surface area contributed by atoms with Gasteiger partial charge in [-0.05, 0) is 29.2 Å². The molecule has 0 bridgehead atoms. The molecule has 2 aromatic carbocycles. The van der Waals surface area contributed by atoms with Gasteiger partial charge in [0.15, 0.2) is 6.29 Å². The van der Waals surface area contributed by atoms with E-state index in [1.165, 1.54) is 6.07 Å². The van der Waals surface area contributed by atoms with Gasteiger partial charge in [0, 0.05) is 5.56 Å². The Bertz CT molecular complexity index is 823. The van der Waals surface area contributed by atoms with Gasteiger partial charge in [-0.1, -0.05) is 37.3 Å². The molecular weight excluding hydrogens is 381 g/mol. The maximum atomic E-state index is 14.2. The van der Waals surface area contributed by atoms with E-state index in [0.29, 0.717) is 18.4 Å². The van der Waals surface area contributed by atoms with Crippen molar-refractivity contribution in [2.45, 2.75) is 31.3 Å². The van der Waals surface area contributed by atoms with Gasteiger partial charge in [0.05, 0.1) is 5.56 Å². The van der Waals surface area contributed by atoms with E-state index in [1.807, 2.05) is 0 Å².